The van der Waals surface area contributed by atoms with E-state index < -0.39 is 10.0 Å². The Hall–Kier alpha value is -2.87. The van der Waals surface area contributed by atoms with Crippen molar-refractivity contribution in [1.29, 1.82) is 0 Å². The highest BCUT2D eigenvalue weighted by molar-refractivity contribution is 7.92. The SMILES string of the molecule is CCc1cc(-c2ccc(S(=O)(=O)N(C)c3cccnc3)o2)c(C)[nH]c1=O. The quantitative estimate of drug-likeness (QED) is 0.742. The lowest BCUT2D eigenvalue weighted by atomic mass is 10.1. The van der Waals surface area contributed by atoms with Crippen LogP contribution in [0.4, 0.5) is 5.69 Å². The van der Waals surface area contributed by atoms with Gasteiger partial charge in [0.15, 0.2) is 0 Å². The van der Waals surface area contributed by atoms with Gasteiger partial charge in [-0.1, -0.05) is 6.92 Å². The van der Waals surface area contributed by atoms with Crippen molar-refractivity contribution < 1.29 is 12.8 Å². The van der Waals surface area contributed by atoms with Crippen molar-refractivity contribution in [2.24, 2.45) is 0 Å². The Bertz CT molecular complexity index is 1090. The van der Waals surface area contributed by atoms with Crippen LogP contribution in [0, 0.1) is 6.92 Å². The molecule has 0 aliphatic heterocycles. The number of hydrogen-bond donors (Lipinski definition) is 1. The fourth-order valence-electron chi connectivity index (χ4n) is 2.60. The maximum atomic E-state index is 12.8. The zero-order valence-electron chi connectivity index (χ0n) is 14.7. The molecule has 0 aromatic carbocycles. The number of hydrogen-bond acceptors (Lipinski definition) is 5. The largest absolute Gasteiger partial charge is 0.443 e. The van der Waals surface area contributed by atoms with Crippen LogP contribution in [0.25, 0.3) is 11.3 Å². The summed E-state index contributed by atoms with van der Waals surface area (Å²) in [4.78, 5) is 18.6. The van der Waals surface area contributed by atoms with Gasteiger partial charge in [0, 0.05) is 30.1 Å². The number of nitrogens with zero attached hydrogens (tertiary/aromatic N) is 2. The zero-order chi connectivity index (χ0) is 18.9. The second-order valence-electron chi connectivity index (χ2n) is 5.82. The van der Waals surface area contributed by atoms with E-state index in [1.807, 2.05) is 6.92 Å². The van der Waals surface area contributed by atoms with Gasteiger partial charge in [-0.2, -0.15) is 8.42 Å². The molecule has 0 saturated heterocycles. The Balaban J connectivity index is 2.01. The summed E-state index contributed by atoms with van der Waals surface area (Å²) in [6, 6.07) is 8.03. The maximum absolute atomic E-state index is 12.8. The topological polar surface area (TPSA) is 96.3 Å². The number of pyridine rings is 2. The van der Waals surface area contributed by atoms with Gasteiger partial charge in [0.25, 0.3) is 15.6 Å². The van der Waals surface area contributed by atoms with Crippen molar-refractivity contribution in [3.05, 3.63) is 64.3 Å². The molecule has 3 aromatic heterocycles. The average molecular weight is 373 g/mol. The molecule has 0 aliphatic rings. The van der Waals surface area contributed by atoms with Crippen molar-refractivity contribution in [3.63, 3.8) is 0 Å². The van der Waals surface area contributed by atoms with Crippen LogP contribution in [0.15, 0.2) is 57.0 Å². The molecule has 7 nitrogen and oxygen atoms in total. The fraction of sp³-hybridized carbons (Fsp3) is 0.222. The molecule has 1 N–H and O–H groups in total. The summed E-state index contributed by atoms with van der Waals surface area (Å²) in [5, 5.41) is -0.178. The summed E-state index contributed by atoms with van der Waals surface area (Å²) in [5.74, 6) is 0.381. The molecule has 0 bridgehead atoms. The van der Waals surface area contributed by atoms with Crippen molar-refractivity contribution >= 4 is 15.7 Å². The van der Waals surface area contributed by atoms with Crippen molar-refractivity contribution in [2.75, 3.05) is 11.4 Å². The molecule has 0 atom stereocenters. The number of aromatic nitrogens is 2. The van der Waals surface area contributed by atoms with Gasteiger partial charge >= 0.3 is 0 Å². The Labute approximate surface area is 151 Å². The molecule has 26 heavy (non-hydrogen) atoms. The van der Waals surface area contributed by atoms with Crippen molar-refractivity contribution in [2.45, 2.75) is 25.4 Å². The number of rotatable bonds is 5. The van der Waals surface area contributed by atoms with Crippen LogP contribution in [0.3, 0.4) is 0 Å². The molecule has 0 radical (unpaired) electrons. The lowest BCUT2D eigenvalue weighted by Crippen LogP contribution is -2.26. The Morgan fingerprint density at radius 3 is 2.69 bits per heavy atom. The van der Waals surface area contributed by atoms with Gasteiger partial charge in [-0.05, 0) is 43.7 Å². The first-order valence-corrected chi connectivity index (χ1v) is 9.50. The van der Waals surface area contributed by atoms with E-state index in [4.69, 9.17) is 4.42 Å². The molecule has 0 spiro atoms. The second kappa shape index (κ2) is 6.80. The Kier molecular flexibility index (Phi) is 4.69. The lowest BCUT2D eigenvalue weighted by Gasteiger charge is -2.17. The van der Waals surface area contributed by atoms with Gasteiger partial charge in [-0.15, -0.1) is 0 Å². The summed E-state index contributed by atoms with van der Waals surface area (Å²) in [7, 11) is -2.42. The monoisotopic (exact) mass is 373 g/mol. The highest BCUT2D eigenvalue weighted by atomic mass is 32.2. The predicted molar refractivity (Wildman–Crippen MR) is 98.7 cm³/mol. The minimum Gasteiger partial charge on any atom is -0.443 e. The van der Waals surface area contributed by atoms with Crippen LogP contribution < -0.4 is 9.86 Å². The second-order valence-corrected chi connectivity index (χ2v) is 7.72. The predicted octanol–water partition coefficient (Wildman–Crippen LogP) is 2.73. The van der Waals surface area contributed by atoms with Crippen molar-refractivity contribution in [1.82, 2.24) is 9.97 Å². The molecular weight excluding hydrogens is 354 g/mol. The first kappa shape index (κ1) is 17.9. The fourth-order valence-corrected chi connectivity index (χ4v) is 3.69. The minimum absolute atomic E-state index is 0.149. The highest BCUT2D eigenvalue weighted by Crippen LogP contribution is 2.29. The van der Waals surface area contributed by atoms with Crippen LogP contribution in [0.1, 0.15) is 18.2 Å². The van der Waals surface area contributed by atoms with Gasteiger partial charge < -0.3 is 9.40 Å². The normalized spacial score (nSPS) is 11.5. The number of aromatic amines is 1. The highest BCUT2D eigenvalue weighted by Gasteiger charge is 2.26. The smallest absolute Gasteiger partial charge is 0.297 e. The van der Waals surface area contributed by atoms with E-state index in [2.05, 4.69) is 9.97 Å². The van der Waals surface area contributed by atoms with Gasteiger partial charge in [0.2, 0.25) is 5.09 Å². The first-order valence-electron chi connectivity index (χ1n) is 8.06. The van der Waals surface area contributed by atoms with Crippen molar-refractivity contribution in [3.8, 4) is 11.3 Å². The van der Waals surface area contributed by atoms with Crippen LogP contribution in [-0.4, -0.2) is 25.4 Å². The van der Waals surface area contributed by atoms with Crippen LogP contribution in [0.5, 0.6) is 0 Å². The molecule has 0 amide bonds. The molecule has 0 saturated carbocycles. The maximum Gasteiger partial charge on any atom is 0.297 e. The van der Waals surface area contributed by atoms with E-state index in [1.54, 1.807) is 37.4 Å². The molecule has 3 rings (SSSR count). The molecule has 0 aliphatic carbocycles. The number of furan rings is 1. The van der Waals surface area contributed by atoms with E-state index >= 15 is 0 Å². The van der Waals surface area contributed by atoms with Gasteiger partial charge in [-0.3, -0.25) is 14.1 Å². The molecular formula is C18H19N3O4S. The lowest BCUT2D eigenvalue weighted by molar-refractivity contribution is 0.460. The van der Waals surface area contributed by atoms with Gasteiger partial charge in [0.05, 0.1) is 11.9 Å². The third-order valence-electron chi connectivity index (χ3n) is 4.17. The standard InChI is InChI=1S/C18H19N3O4S/c1-4-13-10-15(12(2)20-18(13)22)16-7-8-17(25-16)26(23,24)21(3)14-6-5-9-19-11-14/h5-11H,4H2,1-3H3,(H,20,22). The molecule has 8 heteroatoms. The number of nitrogens with one attached hydrogen (secondary N) is 1. The first-order chi connectivity index (χ1) is 12.3. The molecule has 0 unspecified atom stereocenters. The molecule has 3 heterocycles. The molecule has 3 aromatic rings. The third kappa shape index (κ3) is 3.15. The van der Waals surface area contributed by atoms with E-state index in [1.165, 1.54) is 19.3 Å². The number of anilines is 1. The van der Waals surface area contributed by atoms with Gasteiger partial charge in [0.1, 0.15) is 5.76 Å². The average Bonchev–Trinajstić information content (AvgIpc) is 3.12. The van der Waals surface area contributed by atoms with E-state index in [0.29, 0.717) is 34.7 Å². The summed E-state index contributed by atoms with van der Waals surface area (Å²) in [6.07, 6.45) is 3.60. The van der Waals surface area contributed by atoms with E-state index in [0.717, 1.165) is 4.31 Å². The number of sulfonamides is 1. The minimum atomic E-state index is -3.86. The Morgan fingerprint density at radius 1 is 1.27 bits per heavy atom. The summed E-state index contributed by atoms with van der Waals surface area (Å²) >= 11 is 0. The number of aryl methyl sites for hydroxylation is 2. The third-order valence-corrected chi connectivity index (χ3v) is 5.83. The van der Waals surface area contributed by atoms with E-state index in [-0.39, 0.29) is 10.7 Å². The summed E-state index contributed by atoms with van der Waals surface area (Å²) in [6.45, 7) is 3.62. The summed E-state index contributed by atoms with van der Waals surface area (Å²) < 4.78 is 32.3. The van der Waals surface area contributed by atoms with E-state index in [9.17, 15) is 13.2 Å². The van der Waals surface area contributed by atoms with Gasteiger partial charge in [-0.25, -0.2) is 0 Å². The van der Waals surface area contributed by atoms with Crippen LogP contribution in [-0.2, 0) is 16.4 Å². The molecule has 0 fully saturated rings. The molecule has 136 valence electrons. The zero-order valence-corrected chi connectivity index (χ0v) is 15.5. The Morgan fingerprint density at radius 2 is 2.04 bits per heavy atom. The number of H-pyrrole nitrogens is 1. The summed E-state index contributed by atoms with van der Waals surface area (Å²) in [5.41, 5.74) is 2.17. The van der Waals surface area contributed by atoms with Crippen LogP contribution >= 0.6 is 0 Å². The van der Waals surface area contributed by atoms with Crippen LogP contribution in [0.2, 0.25) is 0 Å².